The summed E-state index contributed by atoms with van der Waals surface area (Å²) in [6.07, 6.45) is 1.27. The van der Waals surface area contributed by atoms with Crippen molar-refractivity contribution in [2.75, 3.05) is 20.2 Å². The minimum Gasteiger partial charge on any atom is -0.353 e. The summed E-state index contributed by atoms with van der Waals surface area (Å²) in [4.78, 5) is 0. The summed E-state index contributed by atoms with van der Waals surface area (Å²) in [6, 6.07) is 0. The summed E-state index contributed by atoms with van der Waals surface area (Å²) in [7, 11) is 0. The molecule has 84 valence electrons. The van der Waals surface area contributed by atoms with Gasteiger partial charge in [0.1, 0.15) is 25.8 Å². The highest BCUT2D eigenvalue weighted by Gasteiger charge is 2.37. The van der Waals surface area contributed by atoms with Crippen LogP contribution in [0.25, 0.3) is 0 Å². The molecular formula is C10H20O4. The average molecular weight is 204 g/mol. The molecule has 3 atom stereocenters. The molecule has 2 rings (SSSR count). The molecule has 14 heavy (non-hydrogen) atoms. The summed E-state index contributed by atoms with van der Waals surface area (Å²) in [6.45, 7) is 7.45. The van der Waals surface area contributed by atoms with Gasteiger partial charge >= 0.3 is 0 Å². The van der Waals surface area contributed by atoms with E-state index < -0.39 is 0 Å². The maximum absolute atomic E-state index is 5.41. The van der Waals surface area contributed by atoms with Crippen LogP contribution < -0.4 is 0 Å². The van der Waals surface area contributed by atoms with Gasteiger partial charge < -0.3 is 18.9 Å². The van der Waals surface area contributed by atoms with Gasteiger partial charge in [-0.25, -0.2) is 0 Å². The fourth-order valence-electron chi connectivity index (χ4n) is 1.64. The molecule has 0 aromatic heterocycles. The van der Waals surface area contributed by atoms with Crippen LogP contribution in [0.2, 0.25) is 0 Å². The number of hydrogen-bond acceptors (Lipinski definition) is 4. The first kappa shape index (κ1) is 11.9. The van der Waals surface area contributed by atoms with E-state index in [9.17, 15) is 0 Å². The van der Waals surface area contributed by atoms with Crippen molar-refractivity contribution in [3.8, 4) is 0 Å². The van der Waals surface area contributed by atoms with Crippen molar-refractivity contribution in [2.45, 2.75) is 45.5 Å². The lowest BCUT2D eigenvalue weighted by atomic mass is 10.0. The van der Waals surface area contributed by atoms with Crippen LogP contribution in [0.1, 0.15) is 27.2 Å². The molecule has 2 aliphatic rings. The fourth-order valence-corrected chi connectivity index (χ4v) is 1.64. The predicted octanol–water partition coefficient (Wildman–Crippen LogP) is 1.54. The van der Waals surface area contributed by atoms with E-state index in [4.69, 9.17) is 18.9 Å². The minimum absolute atomic E-state index is 0.0671. The van der Waals surface area contributed by atoms with Crippen molar-refractivity contribution in [2.24, 2.45) is 0 Å². The second-order valence-corrected chi connectivity index (χ2v) is 3.06. The number of ether oxygens (including phenoxy) is 4. The first-order chi connectivity index (χ1) is 6.92. The molecule has 2 fully saturated rings. The first-order valence-corrected chi connectivity index (χ1v) is 5.34. The van der Waals surface area contributed by atoms with E-state index >= 15 is 0 Å². The van der Waals surface area contributed by atoms with Gasteiger partial charge in [-0.05, 0) is 6.42 Å². The van der Waals surface area contributed by atoms with E-state index in [1.165, 1.54) is 0 Å². The third kappa shape index (κ3) is 2.67. The molecule has 4 nitrogen and oxygen atoms in total. The quantitative estimate of drug-likeness (QED) is 0.649. The van der Waals surface area contributed by atoms with Crippen LogP contribution in [-0.4, -0.2) is 38.5 Å². The van der Waals surface area contributed by atoms with E-state index in [0.717, 1.165) is 6.42 Å². The molecule has 0 aromatic rings. The van der Waals surface area contributed by atoms with Crippen LogP contribution in [0, 0.1) is 0 Å². The normalized spacial score (nSPS) is 36.6. The molecule has 0 aliphatic carbocycles. The SMILES string of the molecule is CC.CCC1OCOC2COCOC12. The smallest absolute Gasteiger partial charge is 0.147 e. The Kier molecular flexibility index (Phi) is 5.40. The van der Waals surface area contributed by atoms with Crippen LogP contribution in [0.15, 0.2) is 0 Å². The van der Waals surface area contributed by atoms with Gasteiger partial charge in [0.2, 0.25) is 0 Å². The molecule has 4 heteroatoms. The molecule has 0 spiro atoms. The summed E-state index contributed by atoms with van der Waals surface area (Å²) in [5.74, 6) is 0. The highest BCUT2D eigenvalue weighted by Crippen LogP contribution is 2.22. The highest BCUT2D eigenvalue weighted by atomic mass is 16.7. The molecule has 0 bridgehead atoms. The maximum Gasteiger partial charge on any atom is 0.147 e. The molecule has 0 radical (unpaired) electrons. The zero-order chi connectivity index (χ0) is 10.4. The summed E-state index contributed by atoms with van der Waals surface area (Å²) in [5.41, 5.74) is 0. The Morgan fingerprint density at radius 2 is 1.86 bits per heavy atom. The van der Waals surface area contributed by atoms with Gasteiger partial charge in [-0.1, -0.05) is 20.8 Å². The van der Waals surface area contributed by atoms with Crippen molar-refractivity contribution >= 4 is 0 Å². The first-order valence-electron chi connectivity index (χ1n) is 5.34. The maximum atomic E-state index is 5.41. The molecule has 2 heterocycles. The number of rotatable bonds is 1. The Morgan fingerprint density at radius 3 is 2.57 bits per heavy atom. The highest BCUT2D eigenvalue weighted by molar-refractivity contribution is 4.82. The molecule has 3 unspecified atom stereocenters. The molecule has 0 aromatic carbocycles. The van der Waals surface area contributed by atoms with Gasteiger partial charge in [-0.15, -0.1) is 0 Å². The Bertz CT molecular complexity index is 142. The van der Waals surface area contributed by atoms with Crippen molar-refractivity contribution < 1.29 is 18.9 Å². The standard InChI is InChI=1S/C8H14O4.C2H6/c1-2-6-8-7(11-5-10-6)3-9-4-12-8;1-2/h6-8H,2-5H2,1H3;1-2H3. The summed E-state index contributed by atoms with van der Waals surface area (Å²) in [5, 5.41) is 0. The third-order valence-corrected chi connectivity index (χ3v) is 2.33. The molecule has 0 amide bonds. The lowest BCUT2D eigenvalue weighted by Gasteiger charge is -2.39. The Labute approximate surface area is 85.5 Å². The second kappa shape index (κ2) is 6.35. The van der Waals surface area contributed by atoms with E-state index in [2.05, 4.69) is 6.92 Å². The third-order valence-electron chi connectivity index (χ3n) is 2.33. The minimum atomic E-state index is 0.0671. The van der Waals surface area contributed by atoms with Crippen molar-refractivity contribution in [3.63, 3.8) is 0 Å². The number of fused-ring (bicyclic) bond motifs is 1. The van der Waals surface area contributed by atoms with E-state index in [1.54, 1.807) is 0 Å². The van der Waals surface area contributed by atoms with Gasteiger partial charge in [-0.3, -0.25) is 0 Å². The van der Waals surface area contributed by atoms with Crippen LogP contribution in [0.5, 0.6) is 0 Å². The summed E-state index contributed by atoms with van der Waals surface area (Å²) < 4.78 is 21.3. The largest absolute Gasteiger partial charge is 0.353 e. The van der Waals surface area contributed by atoms with E-state index in [0.29, 0.717) is 20.2 Å². The molecule has 0 saturated carbocycles. The Morgan fingerprint density at radius 1 is 1.07 bits per heavy atom. The average Bonchev–Trinajstić information content (AvgIpc) is 2.31. The second-order valence-electron chi connectivity index (χ2n) is 3.06. The van der Waals surface area contributed by atoms with Crippen LogP contribution in [0.3, 0.4) is 0 Å². The van der Waals surface area contributed by atoms with Crippen LogP contribution in [0.4, 0.5) is 0 Å². The van der Waals surface area contributed by atoms with E-state index in [-0.39, 0.29) is 18.3 Å². The predicted molar refractivity (Wildman–Crippen MR) is 51.9 cm³/mol. The topological polar surface area (TPSA) is 36.9 Å². The monoisotopic (exact) mass is 204 g/mol. The van der Waals surface area contributed by atoms with Crippen molar-refractivity contribution in [1.82, 2.24) is 0 Å². The van der Waals surface area contributed by atoms with Crippen molar-refractivity contribution in [1.29, 1.82) is 0 Å². The molecular weight excluding hydrogens is 184 g/mol. The van der Waals surface area contributed by atoms with E-state index in [1.807, 2.05) is 13.8 Å². The van der Waals surface area contributed by atoms with Crippen LogP contribution >= 0.6 is 0 Å². The molecule has 2 aliphatic heterocycles. The lowest BCUT2D eigenvalue weighted by Crippen LogP contribution is -2.52. The van der Waals surface area contributed by atoms with Gasteiger partial charge in [-0.2, -0.15) is 0 Å². The van der Waals surface area contributed by atoms with Gasteiger partial charge in [0, 0.05) is 0 Å². The summed E-state index contributed by atoms with van der Waals surface area (Å²) >= 11 is 0. The zero-order valence-electron chi connectivity index (χ0n) is 9.19. The molecule has 0 N–H and O–H groups in total. The Hall–Kier alpha value is -0.160. The van der Waals surface area contributed by atoms with Crippen molar-refractivity contribution in [3.05, 3.63) is 0 Å². The number of hydrogen-bond donors (Lipinski definition) is 0. The molecule has 2 saturated heterocycles. The Balaban J connectivity index is 0.000000461. The fraction of sp³-hybridized carbons (Fsp3) is 1.00. The van der Waals surface area contributed by atoms with Crippen LogP contribution in [-0.2, 0) is 18.9 Å². The van der Waals surface area contributed by atoms with Gasteiger partial charge in [0.25, 0.3) is 0 Å². The zero-order valence-corrected chi connectivity index (χ0v) is 9.19. The lowest BCUT2D eigenvalue weighted by molar-refractivity contribution is -0.301. The van der Waals surface area contributed by atoms with Gasteiger partial charge in [0.15, 0.2) is 0 Å². The van der Waals surface area contributed by atoms with Gasteiger partial charge in [0.05, 0.1) is 12.7 Å².